The van der Waals surface area contributed by atoms with Crippen LogP contribution in [0.2, 0.25) is 0 Å². The number of hydrogen-bond acceptors (Lipinski definition) is 7. The maximum atomic E-state index is 12.8. The molecular weight excluding hydrogens is 462 g/mol. The van der Waals surface area contributed by atoms with E-state index in [1.807, 2.05) is 60.7 Å². The Morgan fingerprint density at radius 2 is 1.74 bits per heavy atom. The zero-order valence-electron chi connectivity index (χ0n) is 19.8. The number of thiol groups is 1. The van der Waals surface area contributed by atoms with Gasteiger partial charge in [0.2, 0.25) is 11.8 Å². The molecule has 0 aliphatic carbocycles. The van der Waals surface area contributed by atoms with Gasteiger partial charge in [0.05, 0.1) is 11.4 Å². The molecule has 35 heavy (non-hydrogen) atoms. The highest BCUT2D eigenvalue weighted by atomic mass is 32.1. The molecule has 3 aromatic rings. The van der Waals surface area contributed by atoms with Crippen LogP contribution in [-0.4, -0.2) is 41.2 Å². The van der Waals surface area contributed by atoms with E-state index in [0.717, 1.165) is 16.8 Å². The third-order valence-corrected chi connectivity index (χ3v) is 5.63. The molecule has 1 heterocycles. The molecule has 0 saturated carbocycles. The molecule has 2 unspecified atom stereocenters. The van der Waals surface area contributed by atoms with E-state index in [1.54, 1.807) is 13.0 Å². The lowest BCUT2D eigenvalue weighted by Gasteiger charge is -2.19. The smallest absolute Gasteiger partial charge is 0.261 e. The van der Waals surface area contributed by atoms with Gasteiger partial charge in [-0.15, -0.1) is 0 Å². The molecule has 2 aromatic carbocycles. The van der Waals surface area contributed by atoms with Crippen LogP contribution in [0.5, 0.6) is 5.88 Å². The summed E-state index contributed by atoms with van der Waals surface area (Å²) in [5, 5.41) is 8.87. The van der Waals surface area contributed by atoms with Gasteiger partial charge < -0.3 is 26.4 Å². The van der Waals surface area contributed by atoms with Crippen LogP contribution in [-0.2, 0) is 16.1 Å². The van der Waals surface area contributed by atoms with Crippen LogP contribution in [0.15, 0.2) is 66.7 Å². The molecule has 9 heteroatoms. The van der Waals surface area contributed by atoms with E-state index in [4.69, 9.17) is 10.5 Å². The number of carbonyl (C=O) groups excluding carboxylic acids is 2. The van der Waals surface area contributed by atoms with Crippen molar-refractivity contribution in [2.75, 3.05) is 22.9 Å². The van der Waals surface area contributed by atoms with Gasteiger partial charge in [0.1, 0.15) is 0 Å². The van der Waals surface area contributed by atoms with Gasteiger partial charge in [-0.2, -0.15) is 12.6 Å². The van der Waals surface area contributed by atoms with Crippen molar-refractivity contribution >= 4 is 35.8 Å². The van der Waals surface area contributed by atoms with Gasteiger partial charge in [-0.25, -0.2) is 4.98 Å². The van der Waals surface area contributed by atoms with E-state index in [-0.39, 0.29) is 24.4 Å². The average molecular weight is 494 g/mol. The number of benzene rings is 2. The predicted octanol–water partition coefficient (Wildman–Crippen LogP) is 3.46. The number of carbonyl (C=O) groups is 2. The molecular formula is C26H31N5O3S. The molecule has 184 valence electrons. The number of nitrogens with two attached hydrogens (primary N) is 1. The van der Waals surface area contributed by atoms with Gasteiger partial charge in [-0.3, -0.25) is 9.59 Å². The first-order valence-corrected chi connectivity index (χ1v) is 12.0. The Labute approximate surface area is 211 Å². The highest BCUT2D eigenvalue weighted by Gasteiger charge is 2.19. The lowest BCUT2D eigenvalue weighted by molar-refractivity contribution is -0.127. The average Bonchev–Trinajstić information content (AvgIpc) is 2.87. The number of nitrogens with one attached hydrogen (secondary N) is 3. The van der Waals surface area contributed by atoms with E-state index in [9.17, 15) is 9.59 Å². The summed E-state index contributed by atoms with van der Waals surface area (Å²) in [5.74, 6) is 0.339. The van der Waals surface area contributed by atoms with Crippen molar-refractivity contribution in [1.29, 1.82) is 0 Å². The lowest BCUT2D eigenvalue weighted by atomic mass is 10.1. The molecule has 5 N–H and O–H groups in total. The van der Waals surface area contributed by atoms with Crippen molar-refractivity contribution in [3.8, 4) is 17.1 Å². The molecule has 0 radical (unpaired) electrons. The van der Waals surface area contributed by atoms with Crippen LogP contribution in [0.25, 0.3) is 11.3 Å². The van der Waals surface area contributed by atoms with Crippen molar-refractivity contribution in [2.45, 2.75) is 32.5 Å². The second-order valence-corrected chi connectivity index (χ2v) is 8.42. The quantitative estimate of drug-likeness (QED) is 0.261. The molecule has 8 nitrogen and oxygen atoms in total. The predicted molar refractivity (Wildman–Crippen MR) is 143 cm³/mol. The Morgan fingerprint density at radius 3 is 2.46 bits per heavy atom. The Morgan fingerprint density at radius 1 is 1.03 bits per heavy atom. The Bertz CT molecular complexity index is 1140. The van der Waals surface area contributed by atoms with Crippen LogP contribution in [0.1, 0.15) is 19.4 Å². The summed E-state index contributed by atoms with van der Waals surface area (Å²) in [6.07, 6.45) is -0.819. The van der Waals surface area contributed by atoms with E-state index < -0.39 is 6.10 Å². The number of amides is 2. The molecule has 2 amide bonds. The fourth-order valence-electron chi connectivity index (χ4n) is 3.27. The van der Waals surface area contributed by atoms with Gasteiger partial charge in [0.25, 0.3) is 5.91 Å². The summed E-state index contributed by atoms with van der Waals surface area (Å²) in [4.78, 5) is 28.9. The topological polar surface area (TPSA) is 118 Å². The summed E-state index contributed by atoms with van der Waals surface area (Å²) in [6, 6.07) is 20.6. The van der Waals surface area contributed by atoms with Crippen molar-refractivity contribution in [2.24, 2.45) is 5.73 Å². The number of nitrogens with zero attached hydrogens (tertiary/aromatic N) is 1. The van der Waals surface area contributed by atoms with Gasteiger partial charge in [-0.1, -0.05) is 48.5 Å². The number of anilines is 2. The zero-order valence-corrected chi connectivity index (χ0v) is 20.7. The summed E-state index contributed by atoms with van der Waals surface area (Å²) in [7, 11) is 0. The van der Waals surface area contributed by atoms with Gasteiger partial charge in [0.15, 0.2) is 6.10 Å². The molecule has 0 saturated heterocycles. The summed E-state index contributed by atoms with van der Waals surface area (Å²) in [6.45, 7) is 3.82. The van der Waals surface area contributed by atoms with Crippen LogP contribution in [0, 0.1) is 0 Å². The standard InChI is InChI=1S/C26H31N5O3S/c1-17(25(33)29-14-20-10-6-7-11-22(20)30-18(2)32)34-26-24(28-15-21(27)16-35)13-12-23(31-26)19-8-4-3-5-9-19/h3-13,17,21,28,35H,14-16,27H2,1-2H3,(H,29,33)(H,30,32). The van der Waals surface area contributed by atoms with Crippen molar-refractivity contribution in [3.63, 3.8) is 0 Å². The van der Waals surface area contributed by atoms with Crippen LogP contribution in [0.3, 0.4) is 0 Å². The lowest BCUT2D eigenvalue weighted by Crippen LogP contribution is -2.36. The highest BCUT2D eigenvalue weighted by molar-refractivity contribution is 7.80. The van der Waals surface area contributed by atoms with Gasteiger partial charge in [-0.05, 0) is 30.7 Å². The Balaban J connectivity index is 1.74. The number of aromatic nitrogens is 1. The van der Waals surface area contributed by atoms with Crippen molar-refractivity contribution in [1.82, 2.24) is 10.3 Å². The summed E-state index contributed by atoms with van der Waals surface area (Å²) < 4.78 is 6.00. The zero-order chi connectivity index (χ0) is 25.2. The number of para-hydroxylation sites is 1. The first-order chi connectivity index (χ1) is 16.9. The van der Waals surface area contributed by atoms with E-state index >= 15 is 0 Å². The van der Waals surface area contributed by atoms with Crippen LogP contribution < -0.4 is 26.4 Å². The monoisotopic (exact) mass is 493 g/mol. The minimum absolute atomic E-state index is 0.149. The van der Waals surface area contributed by atoms with Gasteiger partial charge >= 0.3 is 0 Å². The third kappa shape index (κ3) is 7.73. The molecule has 0 bridgehead atoms. The molecule has 0 aliphatic heterocycles. The summed E-state index contributed by atoms with van der Waals surface area (Å²) in [5.41, 5.74) is 9.72. The normalized spacial score (nSPS) is 12.3. The van der Waals surface area contributed by atoms with E-state index in [0.29, 0.717) is 29.6 Å². The van der Waals surface area contributed by atoms with Crippen LogP contribution >= 0.6 is 12.6 Å². The maximum Gasteiger partial charge on any atom is 0.261 e. The fourth-order valence-corrected chi connectivity index (χ4v) is 3.40. The number of ether oxygens (including phenoxy) is 1. The molecule has 0 aliphatic rings. The second-order valence-electron chi connectivity index (χ2n) is 8.06. The largest absolute Gasteiger partial charge is 0.463 e. The first kappa shape index (κ1) is 26.1. The molecule has 3 rings (SSSR count). The van der Waals surface area contributed by atoms with E-state index in [2.05, 4.69) is 33.6 Å². The van der Waals surface area contributed by atoms with Crippen molar-refractivity contribution < 1.29 is 14.3 Å². The maximum absolute atomic E-state index is 12.8. The first-order valence-electron chi connectivity index (χ1n) is 11.3. The molecule has 0 spiro atoms. The molecule has 1 aromatic heterocycles. The van der Waals surface area contributed by atoms with Crippen molar-refractivity contribution in [3.05, 3.63) is 72.3 Å². The Hall–Kier alpha value is -3.56. The minimum Gasteiger partial charge on any atom is -0.463 e. The number of rotatable bonds is 11. The highest BCUT2D eigenvalue weighted by Crippen LogP contribution is 2.28. The minimum atomic E-state index is -0.819. The van der Waals surface area contributed by atoms with Gasteiger partial charge in [0, 0.05) is 43.1 Å². The molecule has 0 fully saturated rings. The Kier molecular flexibility index (Phi) is 9.51. The second kappa shape index (κ2) is 12.8. The number of hydrogen-bond donors (Lipinski definition) is 5. The summed E-state index contributed by atoms with van der Waals surface area (Å²) >= 11 is 4.23. The van der Waals surface area contributed by atoms with Crippen LogP contribution in [0.4, 0.5) is 11.4 Å². The molecule has 2 atom stereocenters. The van der Waals surface area contributed by atoms with E-state index in [1.165, 1.54) is 6.92 Å². The number of pyridine rings is 1. The third-order valence-electron chi connectivity index (χ3n) is 5.16. The SMILES string of the molecule is CC(=O)Nc1ccccc1CNC(=O)C(C)Oc1nc(-c2ccccc2)ccc1NCC(N)CS. The fraction of sp³-hybridized carbons (Fsp3) is 0.269.